The summed E-state index contributed by atoms with van der Waals surface area (Å²) in [6.45, 7) is 0. The van der Waals surface area contributed by atoms with Gasteiger partial charge in [0.05, 0.1) is 16.6 Å². The lowest BCUT2D eigenvalue weighted by molar-refractivity contribution is 0.520. The van der Waals surface area contributed by atoms with Crippen molar-refractivity contribution < 1.29 is 21.6 Å². The van der Waals surface area contributed by atoms with Crippen molar-refractivity contribution in [3.05, 3.63) is 82.4 Å². The first-order valence-corrected chi connectivity index (χ1v) is 12.6. The molecule has 0 radical (unpaired) electrons. The summed E-state index contributed by atoms with van der Waals surface area (Å²) < 4.78 is 60.2. The van der Waals surface area contributed by atoms with Gasteiger partial charge in [-0.2, -0.15) is 0 Å². The Labute approximate surface area is 205 Å². The van der Waals surface area contributed by atoms with Crippen LogP contribution in [-0.2, 0) is 10.0 Å². The highest BCUT2D eigenvalue weighted by molar-refractivity contribution is 7.89. The van der Waals surface area contributed by atoms with Crippen LogP contribution in [0.1, 0.15) is 30.0 Å². The highest BCUT2D eigenvalue weighted by Gasteiger charge is 2.25. The Morgan fingerprint density at radius 3 is 2.40 bits per heavy atom. The molecule has 35 heavy (non-hydrogen) atoms. The molecular formula is C25H20ClF2N3O3S. The van der Waals surface area contributed by atoms with Crippen molar-refractivity contribution in [2.75, 3.05) is 14.1 Å². The van der Waals surface area contributed by atoms with Gasteiger partial charge in [0.2, 0.25) is 15.9 Å². The smallest absolute Gasteiger partial charge is 0.244 e. The van der Waals surface area contributed by atoms with Gasteiger partial charge < -0.3 is 4.42 Å². The molecular weight excluding hydrogens is 496 g/mol. The summed E-state index contributed by atoms with van der Waals surface area (Å²) in [5.74, 6) is -0.916. The zero-order chi connectivity index (χ0) is 24.9. The number of sulfonamides is 1. The fourth-order valence-electron chi connectivity index (χ4n) is 4.09. The van der Waals surface area contributed by atoms with E-state index in [0.717, 1.165) is 9.87 Å². The fraction of sp³-hybridized carbons (Fsp3) is 0.200. The van der Waals surface area contributed by atoms with Gasteiger partial charge in [-0.3, -0.25) is 4.99 Å². The molecule has 1 atom stereocenters. The van der Waals surface area contributed by atoms with Gasteiger partial charge in [-0.25, -0.2) is 26.5 Å². The molecule has 0 spiro atoms. The first-order chi connectivity index (χ1) is 16.6. The topological polar surface area (TPSA) is 75.8 Å². The number of hydrogen-bond acceptors (Lipinski definition) is 5. The monoisotopic (exact) mass is 515 g/mol. The summed E-state index contributed by atoms with van der Waals surface area (Å²) in [6, 6.07) is 13.8. The summed E-state index contributed by atoms with van der Waals surface area (Å²) in [5.41, 5.74) is 2.68. The normalized spacial score (nSPS) is 16.3. The number of fused-ring (bicyclic) bond motifs is 1. The van der Waals surface area contributed by atoms with Crippen LogP contribution in [-0.4, -0.2) is 37.5 Å². The molecule has 1 aliphatic rings. The van der Waals surface area contributed by atoms with Gasteiger partial charge in [0.1, 0.15) is 22.0 Å². The summed E-state index contributed by atoms with van der Waals surface area (Å²) >= 11 is 6.21. The summed E-state index contributed by atoms with van der Waals surface area (Å²) in [6.07, 6.45) is 1.13. The lowest BCUT2D eigenvalue weighted by Crippen LogP contribution is -2.22. The number of hydrogen-bond donors (Lipinski definition) is 0. The van der Waals surface area contributed by atoms with E-state index in [9.17, 15) is 17.2 Å². The van der Waals surface area contributed by atoms with Gasteiger partial charge in [-0.1, -0.05) is 29.8 Å². The fourth-order valence-corrected chi connectivity index (χ4v) is 5.50. The first kappa shape index (κ1) is 23.6. The molecule has 5 rings (SSSR count). The second-order valence-corrected chi connectivity index (χ2v) is 10.9. The quantitative estimate of drug-likeness (QED) is 0.326. The van der Waals surface area contributed by atoms with Crippen LogP contribution in [0.3, 0.4) is 0 Å². The van der Waals surface area contributed by atoms with Crippen molar-refractivity contribution in [1.82, 2.24) is 9.29 Å². The molecule has 180 valence electrons. The first-order valence-electron chi connectivity index (χ1n) is 10.8. The molecule has 2 heterocycles. The van der Waals surface area contributed by atoms with E-state index in [4.69, 9.17) is 16.0 Å². The van der Waals surface area contributed by atoms with Gasteiger partial charge in [0.15, 0.2) is 5.58 Å². The Bertz CT molecular complexity index is 1560. The SMILES string of the molecule is CN(C)S(=O)(=O)c1cc2oc(-c3ccc(C4CCC(c5c(F)cccc5F)=N4)cc3)nc2cc1Cl. The molecule has 0 saturated heterocycles. The second kappa shape index (κ2) is 8.82. The van der Waals surface area contributed by atoms with Crippen molar-refractivity contribution in [2.45, 2.75) is 23.8 Å². The molecule has 0 saturated carbocycles. The number of benzene rings is 3. The maximum atomic E-state index is 14.1. The third kappa shape index (κ3) is 4.24. The van der Waals surface area contributed by atoms with E-state index in [0.29, 0.717) is 41.1 Å². The van der Waals surface area contributed by atoms with Crippen LogP contribution < -0.4 is 0 Å². The molecule has 0 N–H and O–H groups in total. The van der Waals surface area contributed by atoms with Crippen LogP contribution in [0.5, 0.6) is 0 Å². The number of nitrogens with zero attached hydrogens (tertiary/aromatic N) is 3. The Morgan fingerprint density at radius 1 is 1.06 bits per heavy atom. The molecule has 1 aliphatic heterocycles. The number of oxazole rings is 1. The number of halogens is 3. The maximum Gasteiger partial charge on any atom is 0.244 e. The van der Waals surface area contributed by atoms with Crippen LogP contribution >= 0.6 is 11.6 Å². The predicted molar refractivity (Wildman–Crippen MR) is 130 cm³/mol. The highest BCUT2D eigenvalue weighted by atomic mass is 35.5. The molecule has 1 unspecified atom stereocenters. The maximum absolute atomic E-state index is 14.1. The number of aliphatic imine (C=N–C) groups is 1. The summed E-state index contributed by atoms with van der Waals surface area (Å²) in [5, 5.41) is 0.0580. The average Bonchev–Trinajstić information content (AvgIpc) is 3.45. The largest absolute Gasteiger partial charge is 0.436 e. The van der Waals surface area contributed by atoms with E-state index < -0.39 is 21.7 Å². The lowest BCUT2D eigenvalue weighted by Gasteiger charge is -2.12. The Morgan fingerprint density at radius 2 is 1.74 bits per heavy atom. The van der Waals surface area contributed by atoms with Gasteiger partial charge in [-0.15, -0.1) is 0 Å². The zero-order valence-corrected chi connectivity index (χ0v) is 20.4. The molecule has 0 bridgehead atoms. The van der Waals surface area contributed by atoms with Crippen molar-refractivity contribution in [1.29, 1.82) is 0 Å². The van der Waals surface area contributed by atoms with Gasteiger partial charge in [0.25, 0.3) is 0 Å². The molecule has 0 amide bonds. The van der Waals surface area contributed by atoms with Crippen LogP contribution in [0.25, 0.3) is 22.6 Å². The standard InChI is InChI=1S/C25H20ClF2N3O3S/c1-31(2)35(32,33)23-13-22-21(12-16(23)26)30-25(34-22)15-8-6-14(7-9-15)19-10-11-20(29-19)24-17(27)4-3-5-18(24)28/h3-9,12-13,19H,10-11H2,1-2H3. The average molecular weight is 516 g/mol. The third-order valence-corrected chi connectivity index (χ3v) is 8.24. The highest BCUT2D eigenvalue weighted by Crippen LogP contribution is 2.35. The van der Waals surface area contributed by atoms with Crippen molar-refractivity contribution >= 4 is 38.4 Å². The number of aromatic nitrogens is 1. The van der Waals surface area contributed by atoms with E-state index >= 15 is 0 Å². The van der Waals surface area contributed by atoms with Crippen LogP contribution in [0.15, 0.2) is 68.9 Å². The van der Waals surface area contributed by atoms with E-state index in [1.807, 2.05) is 24.3 Å². The lowest BCUT2D eigenvalue weighted by atomic mass is 10.0. The van der Waals surface area contributed by atoms with Gasteiger partial charge in [-0.05, 0) is 48.7 Å². The predicted octanol–water partition coefficient (Wildman–Crippen LogP) is 6.00. The third-order valence-electron chi connectivity index (χ3n) is 5.96. The van der Waals surface area contributed by atoms with E-state index in [2.05, 4.69) is 9.98 Å². The van der Waals surface area contributed by atoms with E-state index in [1.54, 1.807) is 0 Å². The van der Waals surface area contributed by atoms with Crippen molar-refractivity contribution in [2.24, 2.45) is 4.99 Å². The van der Waals surface area contributed by atoms with Crippen LogP contribution in [0.4, 0.5) is 8.78 Å². The van der Waals surface area contributed by atoms with E-state index in [1.165, 1.54) is 44.4 Å². The minimum atomic E-state index is -3.75. The minimum absolute atomic E-state index is 0.0580. The summed E-state index contributed by atoms with van der Waals surface area (Å²) in [4.78, 5) is 8.95. The van der Waals surface area contributed by atoms with Gasteiger partial charge >= 0.3 is 0 Å². The van der Waals surface area contributed by atoms with Crippen LogP contribution in [0, 0.1) is 11.6 Å². The van der Waals surface area contributed by atoms with Crippen molar-refractivity contribution in [3.8, 4) is 11.5 Å². The molecule has 0 fully saturated rings. The molecule has 6 nitrogen and oxygen atoms in total. The molecule has 0 aliphatic carbocycles. The Hall–Kier alpha value is -3.14. The van der Waals surface area contributed by atoms with Gasteiger partial charge in [0, 0.05) is 31.4 Å². The molecule has 4 aromatic rings. The van der Waals surface area contributed by atoms with Crippen molar-refractivity contribution in [3.63, 3.8) is 0 Å². The second-order valence-electron chi connectivity index (χ2n) is 8.41. The number of rotatable bonds is 5. The molecule has 3 aromatic carbocycles. The summed E-state index contributed by atoms with van der Waals surface area (Å²) in [7, 11) is -0.897. The Kier molecular flexibility index (Phi) is 5.94. The zero-order valence-electron chi connectivity index (χ0n) is 18.8. The Balaban J connectivity index is 1.43. The van der Waals surface area contributed by atoms with Crippen LogP contribution in [0.2, 0.25) is 5.02 Å². The molecule has 1 aromatic heterocycles. The minimum Gasteiger partial charge on any atom is -0.436 e. The molecule has 10 heteroatoms. The van der Waals surface area contributed by atoms with E-state index in [-0.39, 0.29) is 21.5 Å².